The molecule has 2 heterocycles. The van der Waals surface area contributed by atoms with Crippen LogP contribution in [0.15, 0.2) is 47.6 Å². The van der Waals surface area contributed by atoms with Crippen molar-refractivity contribution in [3.05, 3.63) is 59.0 Å². The molecule has 1 aromatic heterocycles. The van der Waals surface area contributed by atoms with Gasteiger partial charge in [-0.25, -0.2) is 9.37 Å². The Morgan fingerprint density at radius 3 is 2.93 bits per heavy atom. The number of hydrogen-bond donors (Lipinski definition) is 2. The Morgan fingerprint density at radius 2 is 2.21 bits per heavy atom. The highest BCUT2D eigenvalue weighted by atomic mass is 35.5. The van der Waals surface area contributed by atoms with E-state index in [1.54, 1.807) is 19.3 Å². The first-order valence-electron chi connectivity index (χ1n) is 9.68. The van der Waals surface area contributed by atoms with Crippen molar-refractivity contribution in [2.24, 2.45) is 4.99 Å². The molecule has 0 radical (unpaired) electrons. The first kappa shape index (κ1) is 19.0. The van der Waals surface area contributed by atoms with Crippen molar-refractivity contribution in [3.8, 4) is 0 Å². The van der Waals surface area contributed by atoms with Gasteiger partial charge in [-0.05, 0) is 49.1 Å². The minimum Gasteiger partial charge on any atom is -0.356 e. The van der Waals surface area contributed by atoms with Gasteiger partial charge >= 0.3 is 0 Å². The molecule has 5 nitrogen and oxygen atoms in total. The first-order valence-corrected chi connectivity index (χ1v) is 10.1. The summed E-state index contributed by atoms with van der Waals surface area (Å²) in [7, 11) is 1.78. The number of nitrogens with one attached hydrogen (secondary N) is 2. The number of halogens is 2. The van der Waals surface area contributed by atoms with Crippen molar-refractivity contribution in [2.45, 2.75) is 30.7 Å². The van der Waals surface area contributed by atoms with Crippen molar-refractivity contribution in [1.29, 1.82) is 0 Å². The van der Waals surface area contributed by atoms with E-state index >= 15 is 0 Å². The topological polar surface area (TPSA) is 52.6 Å². The third-order valence-corrected chi connectivity index (χ3v) is 5.91. The van der Waals surface area contributed by atoms with Gasteiger partial charge in [0.2, 0.25) is 0 Å². The molecule has 7 heteroatoms. The van der Waals surface area contributed by atoms with Gasteiger partial charge in [0.25, 0.3) is 0 Å². The highest BCUT2D eigenvalue weighted by Crippen LogP contribution is 2.48. The molecule has 1 saturated carbocycles. The Kier molecular flexibility index (Phi) is 5.40. The smallest absolute Gasteiger partial charge is 0.191 e. The van der Waals surface area contributed by atoms with Gasteiger partial charge in [-0.1, -0.05) is 23.7 Å². The summed E-state index contributed by atoms with van der Waals surface area (Å²) in [5, 5.41) is 7.72. The summed E-state index contributed by atoms with van der Waals surface area (Å²) in [6.45, 7) is 2.29. The summed E-state index contributed by atoms with van der Waals surface area (Å²) < 4.78 is 14.0. The third kappa shape index (κ3) is 4.07. The van der Waals surface area contributed by atoms with Gasteiger partial charge in [0.1, 0.15) is 0 Å². The maximum Gasteiger partial charge on any atom is 0.191 e. The predicted molar refractivity (Wildman–Crippen MR) is 112 cm³/mol. The summed E-state index contributed by atoms with van der Waals surface area (Å²) in [5.74, 6) is 0.928. The Labute approximate surface area is 170 Å². The number of nitrogens with zero attached hydrogens (tertiary/aromatic N) is 3. The van der Waals surface area contributed by atoms with Crippen molar-refractivity contribution < 1.29 is 4.39 Å². The van der Waals surface area contributed by atoms with Crippen molar-refractivity contribution in [3.63, 3.8) is 0 Å². The van der Waals surface area contributed by atoms with Crippen LogP contribution in [0.25, 0.3) is 0 Å². The zero-order chi connectivity index (χ0) is 19.6. The summed E-state index contributed by atoms with van der Waals surface area (Å²) in [6, 6.07) is 11.4. The molecule has 1 aliphatic carbocycles. The van der Waals surface area contributed by atoms with E-state index in [0.29, 0.717) is 12.4 Å². The van der Waals surface area contributed by atoms with E-state index in [1.165, 1.54) is 11.6 Å². The van der Waals surface area contributed by atoms with Crippen LogP contribution in [-0.4, -0.2) is 43.7 Å². The normalized spacial score (nSPS) is 20.9. The van der Waals surface area contributed by atoms with Gasteiger partial charge in [-0.15, -0.1) is 0 Å². The van der Waals surface area contributed by atoms with Crippen LogP contribution in [-0.2, 0) is 5.41 Å². The van der Waals surface area contributed by atoms with Crippen LogP contribution in [0.5, 0.6) is 0 Å². The predicted octanol–water partition coefficient (Wildman–Crippen LogP) is 3.35. The summed E-state index contributed by atoms with van der Waals surface area (Å²) in [4.78, 5) is 10.5. The minimum atomic E-state index is -0.275. The van der Waals surface area contributed by atoms with E-state index in [1.807, 2.05) is 17.0 Å². The third-order valence-electron chi connectivity index (χ3n) is 5.68. The number of benzene rings is 1. The average molecular weight is 402 g/mol. The molecular weight excluding hydrogens is 377 g/mol. The highest BCUT2D eigenvalue weighted by molar-refractivity contribution is 6.30. The molecule has 2 aliphatic rings. The zero-order valence-electron chi connectivity index (χ0n) is 16.0. The number of aromatic nitrogens is 1. The van der Waals surface area contributed by atoms with Crippen molar-refractivity contribution >= 4 is 23.4 Å². The molecule has 1 aliphatic heterocycles. The van der Waals surface area contributed by atoms with Crippen LogP contribution in [0.2, 0.25) is 5.02 Å². The van der Waals surface area contributed by atoms with Crippen LogP contribution in [0, 0.1) is 5.82 Å². The second kappa shape index (κ2) is 7.95. The van der Waals surface area contributed by atoms with Crippen LogP contribution in [0.1, 0.15) is 24.8 Å². The number of rotatable bonds is 5. The summed E-state index contributed by atoms with van der Waals surface area (Å²) in [6.07, 6.45) is 4.84. The fraction of sp³-hybridized carbons (Fsp3) is 0.429. The van der Waals surface area contributed by atoms with Gasteiger partial charge < -0.3 is 15.5 Å². The minimum absolute atomic E-state index is 0.140. The number of pyridine rings is 1. The van der Waals surface area contributed by atoms with E-state index in [0.717, 1.165) is 43.3 Å². The Balaban J connectivity index is 1.33. The SMILES string of the molecule is CN=C(NCC1(c2cccc(Cl)c2)CC1)NC1CCN(c2ncccc2F)C1. The molecule has 1 aromatic carbocycles. The molecule has 1 saturated heterocycles. The van der Waals surface area contributed by atoms with Crippen molar-refractivity contribution in [2.75, 3.05) is 31.6 Å². The van der Waals surface area contributed by atoms with E-state index in [9.17, 15) is 4.39 Å². The molecule has 148 valence electrons. The van der Waals surface area contributed by atoms with E-state index < -0.39 is 0 Å². The number of hydrogen-bond acceptors (Lipinski definition) is 3. The Hall–Kier alpha value is -2.34. The molecule has 2 fully saturated rings. The summed E-state index contributed by atoms with van der Waals surface area (Å²) >= 11 is 6.16. The Morgan fingerprint density at radius 1 is 1.36 bits per heavy atom. The lowest BCUT2D eigenvalue weighted by Crippen LogP contribution is -2.46. The first-order chi connectivity index (χ1) is 13.6. The number of guanidine groups is 1. The molecule has 0 amide bonds. The van der Waals surface area contributed by atoms with Crippen molar-refractivity contribution in [1.82, 2.24) is 15.6 Å². The number of aliphatic imine (C=N–C) groups is 1. The van der Waals surface area contributed by atoms with E-state index in [2.05, 4.69) is 32.7 Å². The van der Waals surface area contributed by atoms with E-state index in [-0.39, 0.29) is 17.3 Å². The lowest BCUT2D eigenvalue weighted by Gasteiger charge is -2.22. The molecule has 0 spiro atoms. The van der Waals surface area contributed by atoms with Gasteiger partial charge in [0.15, 0.2) is 17.6 Å². The fourth-order valence-corrected chi connectivity index (χ4v) is 4.05. The quantitative estimate of drug-likeness (QED) is 0.596. The largest absolute Gasteiger partial charge is 0.356 e. The van der Waals surface area contributed by atoms with Crippen LogP contribution in [0.4, 0.5) is 10.2 Å². The van der Waals surface area contributed by atoms with Gasteiger partial charge in [-0.3, -0.25) is 4.99 Å². The molecule has 28 heavy (non-hydrogen) atoms. The lowest BCUT2D eigenvalue weighted by molar-refractivity contribution is 0.606. The zero-order valence-corrected chi connectivity index (χ0v) is 16.7. The molecule has 1 atom stereocenters. The van der Waals surface area contributed by atoms with Gasteiger partial charge in [0.05, 0.1) is 0 Å². The molecule has 0 bridgehead atoms. The van der Waals surface area contributed by atoms with Gasteiger partial charge in [0, 0.05) is 49.4 Å². The summed E-state index contributed by atoms with van der Waals surface area (Å²) in [5.41, 5.74) is 1.42. The standard InChI is InChI=1S/C21H25ClFN5/c1-24-20(26-14-21(8-9-21)15-4-2-5-16(22)12-15)27-17-7-11-28(13-17)19-18(23)6-3-10-25-19/h2-6,10,12,17H,7-9,11,13-14H2,1H3,(H2,24,26,27). The molecular formula is C21H25ClFN5. The lowest BCUT2D eigenvalue weighted by atomic mass is 9.96. The maximum atomic E-state index is 14.0. The highest BCUT2D eigenvalue weighted by Gasteiger charge is 2.44. The molecule has 2 N–H and O–H groups in total. The number of anilines is 1. The average Bonchev–Trinajstić information content (AvgIpc) is 3.36. The maximum absolute atomic E-state index is 14.0. The van der Waals surface area contributed by atoms with Crippen LogP contribution < -0.4 is 15.5 Å². The monoisotopic (exact) mass is 401 g/mol. The molecule has 2 aromatic rings. The molecule has 1 unspecified atom stereocenters. The second-order valence-corrected chi connectivity index (χ2v) is 8.04. The van der Waals surface area contributed by atoms with Crippen LogP contribution >= 0.6 is 11.6 Å². The molecule has 4 rings (SSSR count). The van der Waals surface area contributed by atoms with Crippen LogP contribution in [0.3, 0.4) is 0 Å². The Bertz CT molecular complexity index is 867. The second-order valence-electron chi connectivity index (χ2n) is 7.60. The van der Waals surface area contributed by atoms with E-state index in [4.69, 9.17) is 11.6 Å². The van der Waals surface area contributed by atoms with Gasteiger partial charge in [-0.2, -0.15) is 0 Å². The fourth-order valence-electron chi connectivity index (χ4n) is 3.86.